The quantitative estimate of drug-likeness (QED) is 0.679. The zero-order chi connectivity index (χ0) is 11.4. The van der Waals surface area contributed by atoms with Crippen LogP contribution >= 0.6 is 0 Å². The Labute approximate surface area is 90.4 Å². The predicted octanol–water partition coefficient (Wildman–Crippen LogP) is -0.232. The Kier molecular flexibility index (Phi) is 4.50. The van der Waals surface area contributed by atoms with E-state index in [4.69, 9.17) is 9.84 Å². The highest BCUT2D eigenvalue weighted by atomic mass is 16.5. The Balaban J connectivity index is 2.45. The lowest BCUT2D eigenvalue weighted by molar-refractivity contribution is -0.141. The molecule has 1 aliphatic rings. The average Bonchev–Trinajstić information content (AvgIpc) is 2.12. The van der Waals surface area contributed by atoms with Gasteiger partial charge in [-0.15, -0.1) is 0 Å². The van der Waals surface area contributed by atoms with Gasteiger partial charge in [-0.1, -0.05) is 0 Å². The van der Waals surface area contributed by atoms with Crippen molar-refractivity contribution in [2.24, 2.45) is 0 Å². The van der Waals surface area contributed by atoms with Gasteiger partial charge in [-0.3, -0.25) is 9.69 Å². The summed E-state index contributed by atoms with van der Waals surface area (Å²) in [5.41, 5.74) is 0. The molecule has 0 saturated carbocycles. The minimum atomic E-state index is -0.802. The Morgan fingerprint density at radius 2 is 2.07 bits per heavy atom. The van der Waals surface area contributed by atoms with E-state index < -0.39 is 12.0 Å². The van der Waals surface area contributed by atoms with Gasteiger partial charge in [0, 0.05) is 19.6 Å². The number of hydrogen-bond acceptors (Lipinski definition) is 4. The monoisotopic (exact) mass is 216 g/mol. The molecule has 5 heteroatoms. The van der Waals surface area contributed by atoms with Gasteiger partial charge in [0.05, 0.1) is 12.2 Å². The molecule has 1 rings (SSSR count). The van der Waals surface area contributed by atoms with Crippen LogP contribution in [-0.4, -0.2) is 60.9 Å². The fraction of sp³-hybridized carbons (Fsp3) is 0.900. The highest BCUT2D eigenvalue weighted by molar-refractivity contribution is 5.73. The number of ether oxygens (including phenoxy) is 1. The molecule has 0 aromatic carbocycles. The molecule has 3 unspecified atom stereocenters. The number of carboxylic acid groups (broad SMARTS) is 1. The predicted molar refractivity (Wildman–Crippen MR) is 56.9 cm³/mol. The number of rotatable bonds is 4. The molecule has 15 heavy (non-hydrogen) atoms. The molecule has 88 valence electrons. The molecule has 3 atom stereocenters. The molecule has 1 heterocycles. The smallest absolute Gasteiger partial charge is 0.322 e. The molecule has 1 saturated heterocycles. The number of aliphatic carboxylic acids is 1. The lowest BCUT2D eigenvalue weighted by Gasteiger charge is -2.36. The maximum absolute atomic E-state index is 10.8. The van der Waals surface area contributed by atoms with Gasteiger partial charge in [0.15, 0.2) is 0 Å². The number of nitrogens with one attached hydrogen (secondary N) is 1. The molecule has 0 aromatic heterocycles. The molecular formula is C10H20N2O3. The summed E-state index contributed by atoms with van der Waals surface area (Å²) in [5, 5.41) is 11.7. The average molecular weight is 216 g/mol. The van der Waals surface area contributed by atoms with Crippen LogP contribution < -0.4 is 5.32 Å². The lowest BCUT2D eigenvalue weighted by Crippen LogP contribution is -2.52. The minimum Gasteiger partial charge on any atom is -0.480 e. The third-order valence-corrected chi connectivity index (χ3v) is 2.58. The van der Waals surface area contributed by atoms with E-state index in [2.05, 4.69) is 10.2 Å². The molecule has 0 aliphatic carbocycles. The summed E-state index contributed by atoms with van der Waals surface area (Å²) in [6.45, 7) is 6.16. The Morgan fingerprint density at radius 3 is 2.47 bits per heavy atom. The fourth-order valence-electron chi connectivity index (χ4n) is 1.98. The number of nitrogens with zero attached hydrogens (tertiary/aromatic N) is 1. The van der Waals surface area contributed by atoms with Gasteiger partial charge in [-0.2, -0.15) is 0 Å². The van der Waals surface area contributed by atoms with Gasteiger partial charge in [0.2, 0.25) is 0 Å². The summed E-state index contributed by atoms with van der Waals surface area (Å²) in [6.07, 6.45) is 0.361. The second-order valence-corrected chi connectivity index (χ2v) is 4.16. The van der Waals surface area contributed by atoms with Crippen molar-refractivity contribution in [1.82, 2.24) is 10.2 Å². The van der Waals surface area contributed by atoms with E-state index in [-0.39, 0.29) is 12.2 Å². The first-order valence-corrected chi connectivity index (χ1v) is 5.30. The SMILES string of the molecule is CNC(CN1CC(C)OC(C)C1)C(=O)O. The first-order chi connectivity index (χ1) is 7.02. The molecule has 5 nitrogen and oxygen atoms in total. The number of carbonyl (C=O) groups is 1. The van der Waals surface area contributed by atoms with Crippen molar-refractivity contribution < 1.29 is 14.6 Å². The maximum Gasteiger partial charge on any atom is 0.322 e. The molecule has 1 aliphatic heterocycles. The molecule has 1 fully saturated rings. The van der Waals surface area contributed by atoms with Crippen LogP contribution in [0.2, 0.25) is 0 Å². The van der Waals surface area contributed by atoms with Crippen molar-refractivity contribution >= 4 is 5.97 Å². The topological polar surface area (TPSA) is 61.8 Å². The third kappa shape index (κ3) is 3.77. The van der Waals surface area contributed by atoms with Crippen LogP contribution in [0.25, 0.3) is 0 Å². The second kappa shape index (κ2) is 5.44. The summed E-state index contributed by atoms with van der Waals surface area (Å²) in [6, 6.07) is -0.498. The highest BCUT2D eigenvalue weighted by Gasteiger charge is 2.26. The zero-order valence-corrected chi connectivity index (χ0v) is 9.56. The molecular weight excluding hydrogens is 196 g/mol. The number of likely N-dealkylation sites (N-methyl/N-ethyl adjacent to an activating group) is 1. The lowest BCUT2D eigenvalue weighted by atomic mass is 10.2. The number of morpholine rings is 1. The number of carboxylic acids is 1. The van der Waals surface area contributed by atoms with Crippen molar-refractivity contribution in [2.45, 2.75) is 32.1 Å². The molecule has 0 spiro atoms. The molecule has 0 aromatic rings. The maximum atomic E-state index is 10.8. The molecule has 0 bridgehead atoms. The first-order valence-electron chi connectivity index (χ1n) is 5.30. The molecule has 2 N–H and O–H groups in total. The van der Waals surface area contributed by atoms with Crippen LogP contribution in [0.3, 0.4) is 0 Å². The molecule has 0 amide bonds. The van der Waals surface area contributed by atoms with Crippen molar-refractivity contribution in [3.8, 4) is 0 Å². The van der Waals surface area contributed by atoms with Gasteiger partial charge in [-0.05, 0) is 20.9 Å². The third-order valence-electron chi connectivity index (χ3n) is 2.58. The van der Waals surface area contributed by atoms with Crippen molar-refractivity contribution in [2.75, 3.05) is 26.7 Å². The van der Waals surface area contributed by atoms with E-state index in [9.17, 15) is 4.79 Å². The first kappa shape index (κ1) is 12.4. The van der Waals surface area contributed by atoms with Gasteiger partial charge in [0.25, 0.3) is 0 Å². The van der Waals surface area contributed by atoms with E-state index in [1.807, 2.05) is 13.8 Å². The summed E-state index contributed by atoms with van der Waals surface area (Å²) < 4.78 is 5.58. The van der Waals surface area contributed by atoms with E-state index in [1.54, 1.807) is 7.05 Å². The van der Waals surface area contributed by atoms with Crippen molar-refractivity contribution in [1.29, 1.82) is 0 Å². The second-order valence-electron chi connectivity index (χ2n) is 4.16. The molecule has 0 radical (unpaired) electrons. The van der Waals surface area contributed by atoms with Crippen molar-refractivity contribution in [3.05, 3.63) is 0 Å². The summed E-state index contributed by atoms with van der Waals surface area (Å²) in [5.74, 6) is -0.802. The van der Waals surface area contributed by atoms with E-state index in [0.717, 1.165) is 13.1 Å². The largest absolute Gasteiger partial charge is 0.480 e. The van der Waals surface area contributed by atoms with Crippen LogP contribution in [0.4, 0.5) is 0 Å². The Hall–Kier alpha value is -0.650. The van der Waals surface area contributed by atoms with Gasteiger partial charge < -0.3 is 15.2 Å². The van der Waals surface area contributed by atoms with Gasteiger partial charge in [0.1, 0.15) is 6.04 Å². The van der Waals surface area contributed by atoms with Gasteiger partial charge in [-0.25, -0.2) is 0 Å². The zero-order valence-electron chi connectivity index (χ0n) is 9.56. The highest BCUT2D eigenvalue weighted by Crippen LogP contribution is 2.10. The Bertz CT molecular complexity index is 213. The van der Waals surface area contributed by atoms with Crippen LogP contribution in [0.1, 0.15) is 13.8 Å². The van der Waals surface area contributed by atoms with Crippen molar-refractivity contribution in [3.63, 3.8) is 0 Å². The standard InChI is InChI=1S/C10H20N2O3/c1-7-4-12(5-8(2)15-7)6-9(11-3)10(13)14/h7-9,11H,4-6H2,1-3H3,(H,13,14). The fourth-order valence-corrected chi connectivity index (χ4v) is 1.98. The van der Waals surface area contributed by atoms with E-state index in [1.165, 1.54) is 0 Å². The van der Waals surface area contributed by atoms with Crippen LogP contribution in [0, 0.1) is 0 Å². The minimum absolute atomic E-state index is 0.181. The number of hydrogen-bond donors (Lipinski definition) is 2. The van der Waals surface area contributed by atoms with Crippen LogP contribution in [-0.2, 0) is 9.53 Å². The normalized spacial score (nSPS) is 30.1. The summed E-state index contributed by atoms with van der Waals surface area (Å²) in [7, 11) is 1.67. The van der Waals surface area contributed by atoms with E-state index in [0.29, 0.717) is 6.54 Å². The van der Waals surface area contributed by atoms with Crippen LogP contribution in [0.5, 0.6) is 0 Å². The summed E-state index contributed by atoms with van der Waals surface area (Å²) in [4.78, 5) is 13.0. The van der Waals surface area contributed by atoms with Gasteiger partial charge >= 0.3 is 5.97 Å². The summed E-state index contributed by atoms with van der Waals surface area (Å²) >= 11 is 0. The van der Waals surface area contributed by atoms with E-state index >= 15 is 0 Å². The Morgan fingerprint density at radius 1 is 1.53 bits per heavy atom. The van der Waals surface area contributed by atoms with Crippen LogP contribution in [0.15, 0.2) is 0 Å².